The first kappa shape index (κ1) is 15.2. The highest BCUT2D eigenvalue weighted by Crippen LogP contribution is 2.29. The smallest absolute Gasteiger partial charge is 0.345 e. The van der Waals surface area contributed by atoms with Crippen LogP contribution in [0.4, 0.5) is 0 Å². The van der Waals surface area contributed by atoms with E-state index in [1.54, 1.807) is 30.5 Å². The van der Waals surface area contributed by atoms with E-state index < -0.39 is 11.9 Å². The first-order chi connectivity index (χ1) is 10.6. The van der Waals surface area contributed by atoms with Crippen LogP contribution >= 0.6 is 0 Å². The summed E-state index contributed by atoms with van der Waals surface area (Å²) in [7, 11) is 1.43. The number of hydrogen-bond acceptors (Lipinski definition) is 5. The van der Waals surface area contributed by atoms with Crippen molar-refractivity contribution in [1.29, 1.82) is 0 Å². The fraction of sp³-hybridized carbons (Fsp3) is 0.0625. The third-order valence-electron chi connectivity index (χ3n) is 2.71. The van der Waals surface area contributed by atoms with Gasteiger partial charge in [-0.15, -0.1) is 0 Å². The minimum absolute atomic E-state index is 0.240. The number of aromatic nitrogens is 1. The maximum Gasteiger partial charge on any atom is 0.345 e. The normalized spacial score (nSPS) is 10.4. The van der Waals surface area contributed by atoms with E-state index in [-0.39, 0.29) is 5.75 Å². The SMILES string of the molecule is COc1cc(C=CC(=O)O)ccc1OC(=O)c1cccnc1. The molecule has 0 unspecified atom stereocenters. The average Bonchev–Trinajstić information content (AvgIpc) is 2.54. The summed E-state index contributed by atoms with van der Waals surface area (Å²) in [6.07, 6.45) is 5.38. The molecule has 0 aliphatic heterocycles. The van der Waals surface area contributed by atoms with Crippen LogP contribution in [0.2, 0.25) is 0 Å². The van der Waals surface area contributed by atoms with Crippen molar-refractivity contribution in [3.8, 4) is 11.5 Å². The number of carbonyl (C=O) groups excluding carboxylic acids is 1. The Bertz CT molecular complexity index is 710. The molecule has 1 aromatic carbocycles. The van der Waals surface area contributed by atoms with Crippen molar-refractivity contribution < 1.29 is 24.2 Å². The summed E-state index contributed by atoms with van der Waals surface area (Å²) >= 11 is 0. The molecule has 0 atom stereocenters. The van der Waals surface area contributed by atoms with E-state index >= 15 is 0 Å². The minimum atomic E-state index is -1.05. The van der Waals surface area contributed by atoms with Gasteiger partial charge in [-0.3, -0.25) is 4.98 Å². The molecule has 0 spiro atoms. The van der Waals surface area contributed by atoms with E-state index in [9.17, 15) is 9.59 Å². The van der Waals surface area contributed by atoms with Crippen molar-refractivity contribution in [3.05, 3.63) is 59.9 Å². The molecule has 2 rings (SSSR count). The van der Waals surface area contributed by atoms with Gasteiger partial charge in [-0.1, -0.05) is 6.07 Å². The first-order valence-electron chi connectivity index (χ1n) is 6.31. The van der Waals surface area contributed by atoms with Gasteiger partial charge in [0.15, 0.2) is 11.5 Å². The van der Waals surface area contributed by atoms with Crippen LogP contribution in [0.5, 0.6) is 11.5 Å². The monoisotopic (exact) mass is 299 g/mol. The van der Waals surface area contributed by atoms with E-state index in [0.717, 1.165) is 6.08 Å². The fourth-order valence-corrected chi connectivity index (χ4v) is 1.68. The molecule has 0 bridgehead atoms. The van der Waals surface area contributed by atoms with Gasteiger partial charge in [-0.2, -0.15) is 0 Å². The maximum atomic E-state index is 12.0. The largest absolute Gasteiger partial charge is 0.493 e. The van der Waals surface area contributed by atoms with E-state index in [1.165, 1.54) is 25.4 Å². The molecule has 0 saturated carbocycles. The molecule has 112 valence electrons. The van der Waals surface area contributed by atoms with Crippen molar-refractivity contribution in [3.63, 3.8) is 0 Å². The number of benzene rings is 1. The number of methoxy groups -OCH3 is 1. The molecular weight excluding hydrogens is 286 g/mol. The standard InChI is InChI=1S/C16H13NO5/c1-21-14-9-11(5-7-15(18)19)4-6-13(14)22-16(20)12-3-2-8-17-10-12/h2-10H,1H3,(H,18,19). The number of carboxylic acids is 1. The Labute approximate surface area is 126 Å². The van der Waals surface area contributed by atoms with Crippen molar-refractivity contribution in [1.82, 2.24) is 4.98 Å². The summed E-state index contributed by atoms with van der Waals surface area (Å²) in [5.41, 5.74) is 0.930. The zero-order valence-electron chi connectivity index (χ0n) is 11.7. The lowest BCUT2D eigenvalue weighted by atomic mass is 10.2. The second kappa shape index (κ2) is 7.03. The van der Waals surface area contributed by atoms with E-state index in [1.807, 2.05) is 0 Å². The molecule has 1 heterocycles. The molecule has 0 aliphatic rings. The Balaban J connectivity index is 2.21. The van der Waals surface area contributed by atoms with Crippen LogP contribution in [0.3, 0.4) is 0 Å². The van der Waals surface area contributed by atoms with Gasteiger partial charge in [0.25, 0.3) is 0 Å². The number of carbonyl (C=O) groups is 2. The Morgan fingerprint density at radius 2 is 2.05 bits per heavy atom. The zero-order valence-corrected chi connectivity index (χ0v) is 11.7. The van der Waals surface area contributed by atoms with E-state index in [0.29, 0.717) is 16.9 Å². The Kier molecular flexibility index (Phi) is 4.87. The van der Waals surface area contributed by atoms with Crippen molar-refractivity contribution in [2.75, 3.05) is 7.11 Å². The third-order valence-corrected chi connectivity index (χ3v) is 2.71. The Hall–Kier alpha value is -3.15. The topological polar surface area (TPSA) is 85.7 Å². The second-order valence-corrected chi connectivity index (χ2v) is 4.21. The van der Waals surface area contributed by atoms with Gasteiger partial charge in [-0.05, 0) is 35.9 Å². The zero-order chi connectivity index (χ0) is 15.9. The van der Waals surface area contributed by atoms with Gasteiger partial charge >= 0.3 is 11.9 Å². The van der Waals surface area contributed by atoms with Crippen LogP contribution in [0, 0.1) is 0 Å². The van der Waals surface area contributed by atoms with Gasteiger partial charge in [0.2, 0.25) is 0 Å². The Morgan fingerprint density at radius 3 is 2.68 bits per heavy atom. The molecule has 0 fully saturated rings. The summed E-state index contributed by atoms with van der Waals surface area (Å²) < 4.78 is 10.4. The van der Waals surface area contributed by atoms with E-state index in [4.69, 9.17) is 14.6 Å². The highest BCUT2D eigenvalue weighted by molar-refractivity contribution is 5.91. The number of nitrogens with zero attached hydrogens (tertiary/aromatic N) is 1. The quantitative estimate of drug-likeness (QED) is 0.518. The number of pyridine rings is 1. The lowest BCUT2D eigenvalue weighted by molar-refractivity contribution is -0.131. The molecule has 0 radical (unpaired) electrons. The molecular formula is C16H13NO5. The lowest BCUT2D eigenvalue weighted by Crippen LogP contribution is -2.09. The van der Waals surface area contributed by atoms with Crippen LogP contribution < -0.4 is 9.47 Å². The number of carboxylic acid groups (broad SMARTS) is 1. The molecule has 1 N–H and O–H groups in total. The first-order valence-corrected chi connectivity index (χ1v) is 6.31. The summed E-state index contributed by atoms with van der Waals surface area (Å²) in [5, 5.41) is 8.61. The summed E-state index contributed by atoms with van der Waals surface area (Å²) in [5.74, 6) is -1.04. The van der Waals surface area contributed by atoms with Gasteiger partial charge in [0, 0.05) is 18.5 Å². The van der Waals surface area contributed by atoms with Crippen LogP contribution in [0.1, 0.15) is 15.9 Å². The molecule has 22 heavy (non-hydrogen) atoms. The second-order valence-electron chi connectivity index (χ2n) is 4.21. The predicted molar refractivity (Wildman–Crippen MR) is 78.9 cm³/mol. The fourth-order valence-electron chi connectivity index (χ4n) is 1.68. The van der Waals surface area contributed by atoms with Crippen molar-refractivity contribution >= 4 is 18.0 Å². The molecule has 6 heteroatoms. The number of esters is 1. The molecule has 0 saturated heterocycles. The highest BCUT2D eigenvalue weighted by Gasteiger charge is 2.12. The van der Waals surface area contributed by atoms with Gasteiger partial charge in [-0.25, -0.2) is 9.59 Å². The third kappa shape index (κ3) is 3.92. The average molecular weight is 299 g/mol. The molecule has 2 aromatic rings. The molecule has 1 aromatic heterocycles. The minimum Gasteiger partial charge on any atom is -0.493 e. The summed E-state index contributed by atoms with van der Waals surface area (Å²) in [6, 6.07) is 7.95. The maximum absolute atomic E-state index is 12.0. The van der Waals surface area contributed by atoms with E-state index in [2.05, 4.69) is 4.98 Å². The highest BCUT2D eigenvalue weighted by atomic mass is 16.6. The molecule has 0 aliphatic carbocycles. The van der Waals surface area contributed by atoms with Crippen LogP contribution in [-0.2, 0) is 4.79 Å². The van der Waals surface area contributed by atoms with Crippen LogP contribution in [0.15, 0.2) is 48.8 Å². The van der Waals surface area contributed by atoms with Crippen molar-refractivity contribution in [2.24, 2.45) is 0 Å². The van der Waals surface area contributed by atoms with Gasteiger partial charge in [0.1, 0.15) is 0 Å². The number of ether oxygens (including phenoxy) is 2. The number of aliphatic carboxylic acids is 1. The number of rotatable bonds is 5. The van der Waals surface area contributed by atoms with Crippen molar-refractivity contribution in [2.45, 2.75) is 0 Å². The van der Waals surface area contributed by atoms with Gasteiger partial charge in [0.05, 0.1) is 12.7 Å². The summed E-state index contributed by atoms with van der Waals surface area (Å²) in [6.45, 7) is 0. The summed E-state index contributed by atoms with van der Waals surface area (Å²) in [4.78, 5) is 26.3. The molecule has 6 nitrogen and oxygen atoms in total. The Morgan fingerprint density at radius 1 is 1.23 bits per heavy atom. The van der Waals surface area contributed by atoms with Crippen LogP contribution in [-0.4, -0.2) is 29.1 Å². The lowest BCUT2D eigenvalue weighted by Gasteiger charge is -2.09. The predicted octanol–water partition coefficient (Wildman–Crippen LogP) is 2.41. The molecule has 0 amide bonds. The van der Waals surface area contributed by atoms with Crippen LogP contribution in [0.25, 0.3) is 6.08 Å². The number of hydrogen-bond donors (Lipinski definition) is 1. The van der Waals surface area contributed by atoms with Gasteiger partial charge < -0.3 is 14.6 Å².